The Morgan fingerprint density at radius 2 is 2.33 bits per heavy atom. The van der Waals surface area contributed by atoms with Crippen LogP contribution in [0.25, 0.3) is 0 Å². The van der Waals surface area contributed by atoms with E-state index in [1.165, 1.54) is 19.2 Å². The van der Waals surface area contributed by atoms with Gasteiger partial charge >= 0.3 is 5.97 Å². The van der Waals surface area contributed by atoms with Crippen LogP contribution < -0.4 is 5.32 Å². The highest BCUT2D eigenvalue weighted by Gasteiger charge is 2.12. The first-order valence-electron chi connectivity index (χ1n) is 5.35. The zero-order chi connectivity index (χ0) is 13.5. The summed E-state index contributed by atoms with van der Waals surface area (Å²) in [6, 6.07) is 2.79. The van der Waals surface area contributed by atoms with Gasteiger partial charge in [-0.05, 0) is 18.6 Å². The van der Waals surface area contributed by atoms with Crippen LogP contribution in [-0.4, -0.2) is 47.5 Å². The smallest absolute Gasteiger partial charge is 0.339 e. The summed E-state index contributed by atoms with van der Waals surface area (Å²) < 4.78 is 4.78. The molecule has 0 spiro atoms. The number of aliphatic hydroxyl groups excluding tert-OH is 1. The number of anilines is 1. The normalized spacial score (nSPS) is 12.2. The summed E-state index contributed by atoms with van der Waals surface area (Å²) in [6.45, 7) is 0.606. The summed E-state index contributed by atoms with van der Waals surface area (Å²) >= 11 is 5.70. The maximum Gasteiger partial charge on any atom is 0.339 e. The predicted octanol–water partition coefficient (Wildman–Crippen LogP) is 1.24. The van der Waals surface area contributed by atoms with Gasteiger partial charge in [0.15, 0.2) is 0 Å². The minimum absolute atomic E-state index is 0.0423. The zero-order valence-electron chi connectivity index (χ0n) is 9.89. The lowest BCUT2D eigenvalue weighted by Crippen LogP contribution is -2.19. The molecule has 1 rings (SSSR count). The number of carboxylic acid groups (broad SMARTS) is 1. The molecule has 0 saturated carbocycles. The third-order valence-corrected chi connectivity index (χ3v) is 2.43. The van der Waals surface area contributed by atoms with E-state index in [-0.39, 0.29) is 23.1 Å². The second-order valence-electron chi connectivity index (χ2n) is 3.66. The van der Waals surface area contributed by atoms with Crippen molar-refractivity contribution in [2.24, 2.45) is 0 Å². The fourth-order valence-corrected chi connectivity index (χ4v) is 1.52. The number of hydrogen-bond acceptors (Lipinski definition) is 5. The van der Waals surface area contributed by atoms with Crippen molar-refractivity contribution >= 4 is 23.4 Å². The van der Waals surface area contributed by atoms with Gasteiger partial charge in [0, 0.05) is 13.7 Å². The number of methoxy groups -OCH3 is 1. The van der Waals surface area contributed by atoms with Crippen LogP contribution in [0.15, 0.2) is 12.1 Å². The molecule has 3 N–H and O–H groups in total. The maximum atomic E-state index is 10.9. The number of halogens is 1. The molecule has 1 aromatic rings. The first-order chi connectivity index (χ1) is 8.54. The average molecular weight is 275 g/mol. The Morgan fingerprint density at radius 3 is 2.94 bits per heavy atom. The van der Waals surface area contributed by atoms with Crippen LogP contribution in [0, 0.1) is 0 Å². The van der Waals surface area contributed by atoms with E-state index in [9.17, 15) is 9.90 Å². The number of aromatic carboxylic acids is 1. The zero-order valence-corrected chi connectivity index (χ0v) is 10.6. The van der Waals surface area contributed by atoms with E-state index < -0.39 is 12.1 Å². The van der Waals surface area contributed by atoms with Crippen LogP contribution in [0.4, 0.5) is 5.82 Å². The molecular weight excluding hydrogens is 260 g/mol. The molecule has 1 unspecified atom stereocenters. The molecule has 1 aromatic heterocycles. The number of ether oxygens (including phenoxy) is 1. The third-order valence-electron chi connectivity index (χ3n) is 2.22. The van der Waals surface area contributed by atoms with Crippen molar-refractivity contribution in [3.05, 3.63) is 22.8 Å². The number of carboxylic acids is 1. The molecule has 0 aliphatic rings. The maximum absolute atomic E-state index is 10.9. The highest BCUT2D eigenvalue weighted by atomic mass is 35.5. The van der Waals surface area contributed by atoms with Crippen molar-refractivity contribution in [3.63, 3.8) is 0 Å². The quantitative estimate of drug-likeness (QED) is 0.648. The number of aliphatic hydroxyl groups is 1. The first kappa shape index (κ1) is 14.7. The van der Waals surface area contributed by atoms with Crippen molar-refractivity contribution in [3.8, 4) is 0 Å². The number of nitrogens with zero attached hydrogens (tertiary/aromatic N) is 1. The van der Waals surface area contributed by atoms with Gasteiger partial charge in [-0.15, -0.1) is 0 Å². The molecule has 100 valence electrons. The molecule has 6 nitrogen and oxygen atoms in total. The molecule has 1 atom stereocenters. The summed E-state index contributed by atoms with van der Waals surface area (Å²) in [5.41, 5.74) is 0.0423. The van der Waals surface area contributed by atoms with Crippen LogP contribution >= 0.6 is 11.6 Å². The molecule has 1 heterocycles. The molecule has 0 bridgehead atoms. The highest BCUT2D eigenvalue weighted by molar-refractivity contribution is 6.29. The van der Waals surface area contributed by atoms with Crippen LogP contribution in [0.3, 0.4) is 0 Å². The molecule has 0 saturated heterocycles. The van der Waals surface area contributed by atoms with Crippen molar-refractivity contribution in [2.45, 2.75) is 12.5 Å². The molecular formula is C11H15ClN2O4. The Morgan fingerprint density at radius 1 is 1.61 bits per heavy atom. The van der Waals surface area contributed by atoms with Crippen LogP contribution in [0.2, 0.25) is 5.15 Å². The predicted molar refractivity (Wildman–Crippen MR) is 67.2 cm³/mol. The van der Waals surface area contributed by atoms with Gasteiger partial charge < -0.3 is 20.3 Å². The van der Waals surface area contributed by atoms with Crippen molar-refractivity contribution in [1.29, 1.82) is 0 Å². The lowest BCUT2D eigenvalue weighted by atomic mass is 10.2. The van der Waals surface area contributed by atoms with Gasteiger partial charge in [0.25, 0.3) is 0 Å². The van der Waals surface area contributed by atoms with E-state index >= 15 is 0 Å². The summed E-state index contributed by atoms with van der Waals surface area (Å²) in [6.07, 6.45) is -0.184. The number of pyridine rings is 1. The highest BCUT2D eigenvalue weighted by Crippen LogP contribution is 2.16. The van der Waals surface area contributed by atoms with E-state index in [4.69, 9.17) is 21.4 Å². The summed E-state index contributed by atoms with van der Waals surface area (Å²) in [5, 5.41) is 21.4. The van der Waals surface area contributed by atoms with Crippen LogP contribution in [0.1, 0.15) is 16.8 Å². The fraction of sp³-hybridized carbons (Fsp3) is 0.455. The molecule has 0 fully saturated rings. The van der Waals surface area contributed by atoms with Gasteiger partial charge in [-0.2, -0.15) is 0 Å². The molecule has 7 heteroatoms. The van der Waals surface area contributed by atoms with E-state index in [1.807, 2.05) is 0 Å². The van der Waals surface area contributed by atoms with Crippen LogP contribution in [-0.2, 0) is 4.74 Å². The Bertz CT molecular complexity index is 414. The first-order valence-corrected chi connectivity index (χ1v) is 5.73. The number of nitrogens with one attached hydrogen (secondary N) is 1. The van der Waals surface area contributed by atoms with Gasteiger partial charge in [-0.3, -0.25) is 0 Å². The molecule has 18 heavy (non-hydrogen) atoms. The SMILES string of the molecule is COCC(O)CCNc1nc(Cl)ccc1C(=O)O. The monoisotopic (exact) mass is 274 g/mol. The summed E-state index contributed by atoms with van der Waals surface area (Å²) in [7, 11) is 1.50. The van der Waals surface area contributed by atoms with E-state index in [0.717, 1.165) is 0 Å². The Labute approximate surface area is 110 Å². The number of aromatic nitrogens is 1. The minimum atomic E-state index is -1.08. The summed E-state index contributed by atoms with van der Waals surface area (Å²) in [4.78, 5) is 14.8. The molecule has 0 aliphatic carbocycles. The van der Waals surface area contributed by atoms with Gasteiger partial charge in [0.1, 0.15) is 16.5 Å². The number of hydrogen-bond donors (Lipinski definition) is 3. The largest absolute Gasteiger partial charge is 0.478 e. The van der Waals surface area contributed by atoms with E-state index in [0.29, 0.717) is 13.0 Å². The van der Waals surface area contributed by atoms with Gasteiger partial charge in [0.05, 0.1) is 12.7 Å². The Balaban J connectivity index is 2.60. The molecule has 0 amide bonds. The van der Waals surface area contributed by atoms with Crippen molar-refractivity contribution in [2.75, 3.05) is 25.6 Å². The van der Waals surface area contributed by atoms with Crippen LogP contribution in [0.5, 0.6) is 0 Å². The molecule has 0 aliphatic heterocycles. The Kier molecular flexibility index (Phi) is 5.84. The Hall–Kier alpha value is -1.37. The minimum Gasteiger partial charge on any atom is -0.478 e. The standard InChI is InChI=1S/C11H15ClN2O4/c1-18-6-7(15)4-5-13-10-8(11(16)17)2-3-9(12)14-10/h2-3,7,15H,4-6H2,1H3,(H,13,14)(H,16,17). The average Bonchev–Trinajstić information content (AvgIpc) is 2.29. The topological polar surface area (TPSA) is 91.7 Å². The summed E-state index contributed by atoms with van der Waals surface area (Å²) in [5.74, 6) is -0.890. The van der Waals surface area contributed by atoms with E-state index in [1.54, 1.807) is 0 Å². The molecule has 0 radical (unpaired) electrons. The second-order valence-corrected chi connectivity index (χ2v) is 4.05. The fourth-order valence-electron chi connectivity index (χ4n) is 1.38. The second kappa shape index (κ2) is 7.15. The number of carbonyl (C=O) groups is 1. The molecule has 0 aromatic carbocycles. The van der Waals surface area contributed by atoms with Crippen molar-refractivity contribution < 1.29 is 19.7 Å². The third kappa shape index (κ3) is 4.48. The van der Waals surface area contributed by atoms with Gasteiger partial charge in [0.2, 0.25) is 0 Å². The van der Waals surface area contributed by atoms with Crippen molar-refractivity contribution in [1.82, 2.24) is 4.98 Å². The van der Waals surface area contributed by atoms with Gasteiger partial charge in [-0.25, -0.2) is 9.78 Å². The number of rotatable bonds is 7. The van der Waals surface area contributed by atoms with E-state index in [2.05, 4.69) is 10.3 Å². The van der Waals surface area contributed by atoms with Gasteiger partial charge in [-0.1, -0.05) is 11.6 Å². The lowest BCUT2D eigenvalue weighted by molar-refractivity contribution is 0.0615. The lowest BCUT2D eigenvalue weighted by Gasteiger charge is -2.12.